The van der Waals surface area contributed by atoms with E-state index < -0.39 is 27.6 Å². The van der Waals surface area contributed by atoms with Crippen molar-refractivity contribution in [3.05, 3.63) is 28.8 Å². The van der Waals surface area contributed by atoms with Crippen molar-refractivity contribution in [2.45, 2.75) is 51.5 Å². The number of hydrogen-bond donors (Lipinski definition) is 0. The first-order valence-corrected chi connectivity index (χ1v) is 8.96. The predicted octanol–water partition coefficient (Wildman–Crippen LogP) is 5.33. The highest BCUT2D eigenvalue weighted by atomic mass is 35.5. The van der Waals surface area contributed by atoms with Gasteiger partial charge in [0.2, 0.25) is 0 Å². The first-order valence-electron chi connectivity index (χ1n) is 7.47. The van der Waals surface area contributed by atoms with E-state index in [1.54, 1.807) is 20.8 Å². The van der Waals surface area contributed by atoms with Crippen molar-refractivity contribution in [2.75, 3.05) is 6.61 Å². The summed E-state index contributed by atoms with van der Waals surface area (Å²) in [6.07, 6.45) is -3.00. The standard InChI is InChI=1S/C16H21ClF3NO2S/c1-5-6-9-23-11-7-8-12(13(17)10-11)14(16(18,19)20)21-24(22)15(2,3)4/h7-8,10H,5-6,9H2,1-4H3/b21-14+/t24-/m0/s1. The number of unbranched alkanes of at least 4 members (excludes halogenated alkanes) is 1. The van der Waals surface area contributed by atoms with Gasteiger partial charge in [-0.2, -0.15) is 17.6 Å². The maximum Gasteiger partial charge on any atom is 0.434 e. The van der Waals surface area contributed by atoms with Crippen molar-refractivity contribution in [3.63, 3.8) is 0 Å². The molecule has 0 saturated heterocycles. The highest BCUT2D eigenvalue weighted by Gasteiger charge is 2.39. The van der Waals surface area contributed by atoms with Gasteiger partial charge in [0.05, 0.1) is 16.4 Å². The van der Waals surface area contributed by atoms with Gasteiger partial charge in [-0.25, -0.2) is 4.21 Å². The summed E-state index contributed by atoms with van der Waals surface area (Å²) in [5.41, 5.74) is -1.56. The lowest BCUT2D eigenvalue weighted by atomic mass is 10.1. The summed E-state index contributed by atoms with van der Waals surface area (Å²) in [6, 6.07) is 3.90. The molecule has 1 atom stereocenters. The van der Waals surface area contributed by atoms with E-state index >= 15 is 0 Å². The fraction of sp³-hybridized carbons (Fsp3) is 0.562. The third-order valence-corrected chi connectivity index (χ3v) is 4.64. The third-order valence-electron chi connectivity index (χ3n) is 2.93. The van der Waals surface area contributed by atoms with Crippen molar-refractivity contribution >= 4 is 28.3 Å². The third kappa shape index (κ3) is 6.09. The molecule has 1 rings (SSSR count). The Kier molecular flexibility index (Phi) is 7.28. The van der Waals surface area contributed by atoms with Crippen molar-refractivity contribution < 1.29 is 22.1 Å². The molecule has 1 aromatic carbocycles. The Morgan fingerprint density at radius 2 is 1.92 bits per heavy atom. The second-order valence-corrected chi connectivity index (χ2v) is 8.46. The van der Waals surface area contributed by atoms with Gasteiger partial charge in [0, 0.05) is 5.56 Å². The number of benzene rings is 1. The maximum absolute atomic E-state index is 13.3. The van der Waals surface area contributed by atoms with Crippen LogP contribution in [0.4, 0.5) is 13.2 Å². The molecule has 0 aliphatic rings. The predicted molar refractivity (Wildman–Crippen MR) is 92.3 cm³/mol. The molecule has 0 amide bonds. The van der Waals surface area contributed by atoms with Crippen LogP contribution in [0.5, 0.6) is 5.75 Å². The van der Waals surface area contributed by atoms with Gasteiger partial charge in [0.1, 0.15) is 16.7 Å². The highest BCUT2D eigenvalue weighted by molar-refractivity contribution is 7.85. The zero-order chi connectivity index (χ0) is 18.5. The van der Waals surface area contributed by atoms with Crippen LogP contribution >= 0.6 is 11.6 Å². The molecular weight excluding hydrogens is 363 g/mol. The number of hydrogen-bond acceptors (Lipinski definition) is 2. The molecule has 8 heteroatoms. The first kappa shape index (κ1) is 21.0. The lowest BCUT2D eigenvalue weighted by molar-refractivity contribution is -0.0578. The maximum atomic E-state index is 13.3. The van der Waals surface area contributed by atoms with E-state index in [4.69, 9.17) is 16.3 Å². The first-order chi connectivity index (χ1) is 11.0. The molecule has 0 heterocycles. The quantitative estimate of drug-likeness (QED) is 0.491. The van der Waals surface area contributed by atoms with Crippen LogP contribution in [0.2, 0.25) is 5.02 Å². The fourth-order valence-electron chi connectivity index (χ4n) is 1.59. The molecule has 0 unspecified atom stereocenters. The minimum Gasteiger partial charge on any atom is -0.494 e. The minimum absolute atomic E-state index is 0.147. The number of rotatable bonds is 6. The molecule has 0 aromatic heterocycles. The van der Waals surface area contributed by atoms with E-state index in [0.29, 0.717) is 12.4 Å². The average Bonchev–Trinajstić information content (AvgIpc) is 2.43. The van der Waals surface area contributed by atoms with Gasteiger partial charge in [0.25, 0.3) is 0 Å². The molecule has 0 spiro atoms. The number of ether oxygens (including phenoxy) is 1. The van der Waals surface area contributed by atoms with E-state index in [1.807, 2.05) is 6.92 Å². The van der Waals surface area contributed by atoms with Crippen molar-refractivity contribution in [1.82, 2.24) is 0 Å². The summed E-state index contributed by atoms with van der Waals surface area (Å²) < 4.78 is 59.9. The summed E-state index contributed by atoms with van der Waals surface area (Å²) >= 11 is 5.98. The Morgan fingerprint density at radius 3 is 2.38 bits per heavy atom. The van der Waals surface area contributed by atoms with E-state index in [0.717, 1.165) is 12.8 Å². The van der Waals surface area contributed by atoms with Gasteiger partial charge in [-0.3, -0.25) is 0 Å². The van der Waals surface area contributed by atoms with Crippen LogP contribution in [0.1, 0.15) is 46.1 Å². The largest absolute Gasteiger partial charge is 0.494 e. The molecule has 0 aliphatic carbocycles. The summed E-state index contributed by atoms with van der Waals surface area (Å²) in [5.74, 6) is 0.385. The molecule has 3 nitrogen and oxygen atoms in total. The van der Waals surface area contributed by atoms with Crippen LogP contribution < -0.4 is 4.74 Å². The van der Waals surface area contributed by atoms with Gasteiger partial charge < -0.3 is 4.74 Å². The van der Waals surface area contributed by atoms with Crippen LogP contribution in [0, 0.1) is 0 Å². The Balaban J connectivity index is 3.21. The minimum atomic E-state index is -4.77. The Hall–Kier alpha value is -1.08. The van der Waals surface area contributed by atoms with Crippen LogP contribution in [0.3, 0.4) is 0 Å². The lowest BCUT2D eigenvalue weighted by Gasteiger charge is -2.17. The Labute approximate surface area is 147 Å². The van der Waals surface area contributed by atoms with Crippen LogP contribution in [-0.4, -0.2) is 27.5 Å². The smallest absolute Gasteiger partial charge is 0.434 e. The Morgan fingerprint density at radius 1 is 1.29 bits per heavy atom. The van der Waals surface area contributed by atoms with E-state index in [1.165, 1.54) is 18.2 Å². The van der Waals surface area contributed by atoms with E-state index in [9.17, 15) is 17.4 Å². The second kappa shape index (κ2) is 8.34. The molecule has 0 saturated carbocycles. The normalized spacial score (nSPS) is 14.6. The molecule has 0 N–H and O–H groups in total. The van der Waals surface area contributed by atoms with Crippen molar-refractivity contribution in [3.8, 4) is 5.75 Å². The van der Waals surface area contributed by atoms with Crippen LogP contribution in [-0.2, 0) is 11.0 Å². The van der Waals surface area contributed by atoms with Gasteiger partial charge in [-0.05, 0) is 45.4 Å². The molecule has 0 aliphatic heterocycles. The molecule has 0 fully saturated rings. The summed E-state index contributed by atoms with van der Waals surface area (Å²) in [7, 11) is -2.06. The monoisotopic (exact) mass is 383 g/mol. The zero-order valence-corrected chi connectivity index (χ0v) is 15.6. The van der Waals surface area contributed by atoms with Gasteiger partial charge in [-0.15, -0.1) is 0 Å². The van der Waals surface area contributed by atoms with Gasteiger partial charge in [-0.1, -0.05) is 24.9 Å². The molecule has 0 radical (unpaired) electrons. The summed E-state index contributed by atoms with van der Waals surface area (Å²) in [4.78, 5) is 0. The van der Waals surface area contributed by atoms with Crippen LogP contribution in [0.25, 0.3) is 0 Å². The topological polar surface area (TPSA) is 38.7 Å². The molecule has 1 aromatic rings. The number of nitrogens with zero attached hydrogens (tertiary/aromatic N) is 1. The van der Waals surface area contributed by atoms with E-state index in [-0.39, 0.29) is 10.6 Å². The lowest BCUT2D eigenvalue weighted by Crippen LogP contribution is -2.28. The van der Waals surface area contributed by atoms with Gasteiger partial charge in [0.15, 0.2) is 5.71 Å². The Bertz CT molecular complexity index is 625. The molecule has 24 heavy (non-hydrogen) atoms. The summed E-state index contributed by atoms with van der Waals surface area (Å²) in [6.45, 7) is 7.11. The zero-order valence-electron chi connectivity index (χ0n) is 14.0. The van der Waals surface area contributed by atoms with E-state index in [2.05, 4.69) is 4.40 Å². The van der Waals surface area contributed by atoms with Gasteiger partial charge >= 0.3 is 6.18 Å². The highest BCUT2D eigenvalue weighted by Crippen LogP contribution is 2.31. The van der Waals surface area contributed by atoms with Crippen LogP contribution in [0.15, 0.2) is 22.6 Å². The fourth-order valence-corrected chi connectivity index (χ4v) is 2.49. The molecular formula is C16H21ClF3NO2S. The summed E-state index contributed by atoms with van der Waals surface area (Å²) in [5, 5.41) is -0.147. The number of alkyl halides is 3. The number of halogens is 4. The van der Waals surface area contributed by atoms with Crippen molar-refractivity contribution in [1.29, 1.82) is 0 Å². The SMILES string of the molecule is CCCCOc1ccc(/C(=N\[S@@](=O)C(C)(C)C)C(F)(F)F)c(Cl)c1. The average molecular weight is 384 g/mol. The molecule has 0 bridgehead atoms. The second-order valence-electron chi connectivity index (χ2n) is 6.14. The molecule has 136 valence electrons. The van der Waals surface area contributed by atoms with Crippen molar-refractivity contribution in [2.24, 2.45) is 4.40 Å².